The lowest BCUT2D eigenvalue weighted by Crippen LogP contribution is -2.34. The highest BCUT2D eigenvalue weighted by Crippen LogP contribution is 2.18. The number of nitrogens with zero attached hydrogens (tertiary/aromatic N) is 3. The molecule has 0 saturated heterocycles. The van der Waals surface area contributed by atoms with E-state index in [1.165, 1.54) is 0 Å². The molecule has 0 bridgehead atoms. The molecule has 0 unspecified atom stereocenters. The number of carbonyl (C=O) groups is 1. The molecule has 1 heterocycles. The van der Waals surface area contributed by atoms with E-state index >= 15 is 0 Å². The van der Waals surface area contributed by atoms with Gasteiger partial charge in [-0.05, 0) is 48.9 Å². The van der Waals surface area contributed by atoms with Crippen molar-refractivity contribution >= 4 is 22.5 Å². The van der Waals surface area contributed by atoms with Crippen molar-refractivity contribution in [3.05, 3.63) is 94.8 Å². The predicted octanol–water partition coefficient (Wildman–Crippen LogP) is 3.57. The van der Waals surface area contributed by atoms with Crippen LogP contribution in [0.5, 0.6) is 5.75 Å². The number of ether oxygens (including phenoxy) is 1. The summed E-state index contributed by atoms with van der Waals surface area (Å²) in [7, 11) is 0. The van der Waals surface area contributed by atoms with Crippen molar-refractivity contribution in [2.45, 2.75) is 19.6 Å². The molecule has 0 radical (unpaired) electrons. The van der Waals surface area contributed by atoms with Crippen LogP contribution >= 0.6 is 0 Å². The number of anilines is 1. The number of hydrogen-bond donors (Lipinski definition) is 1. The molecular formula is C23H20N4O3. The molecule has 0 saturated carbocycles. The van der Waals surface area contributed by atoms with Gasteiger partial charge in [0.15, 0.2) is 0 Å². The summed E-state index contributed by atoms with van der Waals surface area (Å²) in [5, 5.41) is 11.2. The minimum Gasteiger partial charge on any atom is -0.489 e. The third-order valence-electron chi connectivity index (χ3n) is 4.71. The lowest BCUT2D eigenvalue weighted by atomic mass is 10.2. The van der Waals surface area contributed by atoms with Gasteiger partial charge < -0.3 is 10.1 Å². The summed E-state index contributed by atoms with van der Waals surface area (Å²) >= 11 is 0. The summed E-state index contributed by atoms with van der Waals surface area (Å²) in [4.78, 5) is 25.3. The van der Waals surface area contributed by atoms with Crippen LogP contribution in [0.1, 0.15) is 18.5 Å². The third-order valence-corrected chi connectivity index (χ3v) is 4.71. The van der Waals surface area contributed by atoms with Crippen molar-refractivity contribution in [2.75, 3.05) is 5.32 Å². The van der Waals surface area contributed by atoms with Crippen LogP contribution in [0.4, 0.5) is 5.69 Å². The Labute approximate surface area is 172 Å². The first-order valence-electron chi connectivity index (χ1n) is 9.54. The molecule has 4 aromatic rings. The van der Waals surface area contributed by atoms with Gasteiger partial charge in [-0.1, -0.05) is 47.7 Å². The molecule has 30 heavy (non-hydrogen) atoms. The van der Waals surface area contributed by atoms with E-state index in [9.17, 15) is 9.59 Å². The highest BCUT2D eigenvalue weighted by atomic mass is 16.5. The molecule has 0 aliphatic rings. The van der Waals surface area contributed by atoms with E-state index in [0.29, 0.717) is 28.9 Å². The second-order valence-corrected chi connectivity index (χ2v) is 6.82. The number of nitrogens with one attached hydrogen (secondary N) is 1. The maximum absolute atomic E-state index is 12.6. The minimum absolute atomic E-state index is 0.354. The first-order chi connectivity index (χ1) is 14.6. The number of fused-ring (bicyclic) bond motifs is 1. The lowest BCUT2D eigenvalue weighted by Gasteiger charge is -2.14. The largest absolute Gasteiger partial charge is 0.489 e. The Hall–Kier alpha value is -4.00. The summed E-state index contributed by atoms with van der Waals surface area (Å²) in [6.07, 6.45) is 0. The standard InChI is InChI=1S/C23H20N4O3/c1-16(27-23(29)20-9-5-6-10-21(20)25-26-27)22(28)24-18-11-13-19(14-12-18)30-15-17-7-3-2-4-8-17/h2-14,16H,15H2,1H3,(H,24,28)/t16-/m0/s1. The van der Waals surface area contributed by atoms with E-state index in [0.717, 1.165) is 10.2 Å². The van der Waals surface area contributed by atoms with Crippen LogP contribution < -0.4 is 15.6 Å². The van der Waals surface area contributed by atoms with Gasteiger partial charge in [-0.3, -0.25) is 9.59 Å². The number of aromatic nitrogens is 3. The molecule has 4 rings (SSSR count). The van der Waals surface area contributed by atoms with Crippen LogP contribution in [0.15, 0.2) is 83.7 Å². The Kier molecular flexibility index (Phi) is 5.52. The Balaban J connectivity index is 1.42. The number of carbonyl (C=O) groups excluding carboxylic acids is 1. The van der Waals surface area contributed by atoms with E-state index in [2.05, 4.69) is 15.6 Å². The average molecular weight is 400 g/mol. The van der Waals surface area contributed by atoms with Crippen LogP contribution in [0.2, 0.25) is 0 Å². The SMILES string of the molecule is C[C@@H](C(=O)Nc1ccc(OCc2ccccc2)cc1)n1nnc2ccccc2c1=O. The molecule has 150 valence electrons. The van der Waals surface area contributed by atoms with Gasteiger partial charge in [0.1, 0.15) is 23.9 Å². The molecule has 0 aliphatic carbocycles. The smallest absolute Gasteiger partial charge is 0.278 e. The van der Waals surface area contributed by atoms with E-state index in [4.69, 9.17) is 4.74 Å². The molecule has 7 nitrogen and oxygen atoms in total. The van der Waals surface area contributed by atoms with Crippen LogP contribution in [0.3, 0.4) is 0 Å². The monoisotopic (exact) mass is 400 g/mol. The zero-order valence-electron chi connectivity index (χ0n) is 16.4. The van der Waals surface area contributed by atoms with Crippen LogP contribution in [-0.2, 0) is 11.4 Å². The van der Waals surface area contributed by atoms with Gasteiger partial charge in [0.2, 0.25) is 5.91 Å². The first kappa shape index (κ1) is 19.3. The number of hydrogen-bond acceptors (Lipinski definition) is 5. The zero-order valence-corrected chi connectivity index (χ0v) is 16.4. The zero-order chi connectivity index (χ0) is 20.9. The van der Waals surface area contributed by atoms with Gasteiger partial charge in [-0.2, -0.15) is 4.68 Å². The lowest BCUT2D eigenvalue weighted by molar-refractivity contribution is -0.119. The fourth-order valence-electron chi connectivity index (χ4n) is 2.99. The fourth-order valence-corrected chi connectivity index (χ4v) is 2.99. The Morgan fingerprint density at radius 3 is 2.47 bits per heavy atom. The van der Waals surface area contributed by atoms with Crippen LogP contribution in [-0.4, -0.2) is 20.9 Å². The Morgan fingerprint density at radius 1 is 1.00 bits per heavy atom. The molecule has 1 aromatic heterocycles. The number of benzene rings is 3. The second kappa shape index (κ2) is 8.57. The van der Waals surface area contributed by atoms with Crippen LogP contribution in [0, 0.1) is 0 Å². The van der Waals surface area contributed by atoms with Crippen molar-refractivity contribution < 1.29 is 9.53 Å². The van der Waals surface area contributed by atoms with Gasteiger partial charge in [0, 0.05) is 5.69 Å². The fraction of sp³-hybridized carbons (Fsp3) is 0.130. The van der Waals surface area contributed by atoms with E-state index < -0.39 is 6.04 Å². The van der Waals surface area contributed by atoms with E-state index in [1.807, 2.05) is 30.3 Å². The van der Waals surface area contributed by atoms with Crippen molar-refractivity contribution in [3.63, 3.8) is 0 Å². The van der Waals surface area contributed by atoms with E-state index in [1.54, 1.807) is 55.5 Å². The number of amides is 1. The molecule has 7 heteroatoms. The summed E-state index contributed by atoms with van der Waals surface area (Å²) < 4.78 is 6.84. The minimum atomic E-state index is -0.816. The highest BCUT2D eigenvalue weighted by Gasteiger charge is 2.19. The molecule has 0 fully saturated rings. The van der Waals surface area contributed by atoms with Crippen molar-refractivity contribution in [2.24, 2.45) is 0 Å². The van der Waals surface area contributed by atoms with Crippen molar-refractivity contribution in [3.8, 4) is 5.75 Å². The average Bonchev–Trinajstić information content (AvgIpc) is 2.79. The Bertz CT molecular complexity index is 1220. The molecular weight excluding hydrogens is 380 g/mol. The van der Waals surface area contributed by atoms with Crippen LogP contribution in [0.25, 0.3) is 10.9 Å². The third kappa shape index (κ3) is 4.20. The maximum Gasteiger partial charge on any atom is 0.278 e. The first-order valence-corrected chi connectivity index (χ1v) is 9.54. The number of rotatable bonds is 6. The van der Waals surface area contributed by atoms with Gasteiger partial charge in [0.05, 0.1) is 5.39 Å². The Morgan fingerprint density at radius 2 is 1.70 bits per heavy atom. The summed E-state index contributed by atoms with van der Waals surface area (Å²) in [5.41, 5.74) is 1.82. The van der Waals surface area contributed by atoms with Crippen molar-refractivity contribution in [1.29, 1.82) is 0 Å². The topological polar surface area (TPSA) is 86.1 Å². The normalized spacial score (nSPS) is 11.8. The summed E-state index contributed by atoms with van der Waals surface area (Å²) in [6, 6.07) is 23.0. The quantitative estimate of drug-likeness (QED) is 0.535. The molecule has 1 atom stereocenters. The molecule has 1 amide bonds. The highest BCUT2D eigenvalue weighted by molar-refractivity contribution is 5.93. The second-order valence-electron chi connectivity index (χ2n) is 6.82. The van der Waals surface area contributed by atoms with E-state index in [-0.39, 0.29) is 11.5 Å². The predicted molar refractivity (Wildman–Crippen MR) is 114 cm³/mol. The van der Waals surface area contributed by atoms with Gasteiger partial charge >= 0.3 is 0 Å². The summed E-state index contributed by atoms with van der Waals surface area (Å²) in [6.45, 7) is 2.07. The molecule has 3 aromatic carbocycles. The van der Waals surface area contributed by atoms with Gasteiger partial charge in [0.25, 0.3) is 5.56 Å². The molecule has 0 spiro atoms. The molecule has 1 N–H and O–H groups in total. The molecule has 0 aliphatic heterocycles. The maximum atomic E-state index is 12.6. The van der Waals surface area contributed by atoms with Gasteiger partial charge in [-0.25, -0.2) is 0 Å². The van der Waals surface area contributed by atoms with Gasteiger partial charge in [-0.15, -0.1) is 5.10 Å². The summed E-state index contributed by atoms with van der Waals surface area (Å²) in [5.74, 6) is 0.334. The van der Waals surface area contributed by atoms with Crippen molar-refractivity contribution in [1.82, 2.24) is 15.0 Å².